The fraction of sp³-hybridized carbons (Fsp3) is 0.312. The fourth-order valence-electron chi connectivity index (χ4n) is 2.71. The summed E-state index contributed by atoms with van der Waals surface area (Å²) in [7, 11) is 1.53. The number of carboxylic acids is 1. The number of alkyl halides is 2. The van der Waals surface area contributed by atoms with Crippen molar-refractivity contribution in [2.24, 2.45) is 0 Å². The van der Waals surface area contributed by atoms with Crippen LogP contribution in [0.25, 0.3) is 5.69 Å². The number of likely N-dealkylation sites (tertiary alicyclic amines) is 1. The zero-order valence-electron chi connectivity index (χ0n) is 13.2. The predicted molar refractivity (Wildman–Crippen MR) is 82.1 cm³/mol. The minimum atomic E-state index is -3.22. The Morgan fingerprint density at radius 1 is 1.28 bits per heavy atom. The van der Waals surface area contributed by atoms with Crippen molar-refractivity contribution in [3.8, 4) is 11.4 Å². The summed E-state index contributed by atoms with van der Waals surface area (Å²) in [5.74, 6) is -4.87. The highest BCUT2D eigenvalue weighted by Gasteiger charge is 2.50. The van der Waals surface area contributed by atoms with Gasteiger partial charge in [0, 0.05) is 12.6 Å². The highest BCUT2D eigenvalue weighted by atomic mass is 19.3. The molecule has 0 unspecified atom stereocenters. The number of methoxy groups -OCH3 is 1. The number of ether oxygens (including phenoxy) is 1. The fourth-order valence-corrected chi connectivity index (χ4v) is 2.71. The first kappa shape index (κ1) is 16.9. The van der Waals surface area contributed by atoms with Gasteiger partial charge < -0.3 is 14.7 Å². The maximum atomic E-state index is 13.5. The Morgan fingerprint density at radius 2 is 1.96 bits per heavy atom. The van der Waals surface area contributed by atoms with Crippen LogP contribution in [0, 0.1) is 0 Å². The molecule has 0 radical (unpaired) electrons. The monoisotopic (exact) mass is 351 g/mol. The summed E-state index contributed by atoms with van der Waals surface area (Å²) in [6.45, 7) is -0.932. The third kappa shape index (κ3) is 3.30. The molecule has 0 aliphatic carbocycles. The normalized spacial score (nSPS) is 19.0. The van der Waals surface area contributed by atoms with Crippen LogP contribution in [0.4, 0.5) is 8.78 Å². The van der Waals surface area contributed by atoms with Crippen molar-refractivity contribution in [3.05, 3.63) is 42.2 Å². The minimum absolute atomic E-state index is 0.0974. The Labute approximate surface area is 141 Å². The number of carboxylic acid groups (broad SMARTS) is 1. The van der Waals surface area contributed by atoms with E-state index >= 15 is 0 Å². The lowest BCUT2D eigenvalue weighted by atomic mass is 10.2. The van der Waals surface area contributed by atoms with Gasteiger partial charge in [-0.15, -0.1) is 0 Å². The Bertz CT molecular complexity index is 804. The van der Waals surface area contributed by atoms with Crippen molar-refractivity contribution in [3.63, 3.8) is 0 Å². The van der Waals surface area contributed by atoms with E-state index in [0.29, 0.717) is 16.3 Å². The summed E-state index contributed by atoms with van der Waals surface area (Å²) < 4.78 is 33.5. The molecule has 1 aliphatic rings. The predicted octanol–water partition coefficient (Wildman–Crippen LogP) is 1.82. The van der Waals surface area contributed by atoms with E-state index in [1.165, 1.54) is 24.1 Å². The number of halogens is 2. The zero-order valence-corrected chi connectivity index (χ0v) is 13.2. The molecule has 2 heterocycles. The maximum Gasteiger partial charge on any atom is 0.326 e. The van der Waals surface area contributed by atoms with Gasteiger partial charge in [-0.2, -0.15) is 5.10 Å². The number of aromatic nitrogens is 2. The van der Waals surface area contributed by atoms with Gasteiger partial charge >= 0.3 is 5.97 Å². The van der Waals surface area contributed by atoms with Crippen LogP contribution in [0.2, 0.25) is 0 Å². The largest absolute Gasteiger partial charge is 0.497 e. The molecule has 0 bridgehead atoms. The number of aliphatic carboxylic acids is 1. The minimum Gasteiger partial charge on any atom is -0.497 e. The van der Waals surface area contributed by atoms with E-state index in [2.05, 4.69) is 5.10 Å². The number of hydrogen-bond donors (Lipinski definition) is 1. The quantitative estimate of drug-likeness (QED) is 0.908. The molecule has 1 atom stereocenters. The first-order valence-corrected chi connectivity index (χ1v) is 7.42. The van der Waals surface area contributed by atoms with Crippen LogP contribution in [-0.2, 0) is 4.79 Å². The van der Waals surface area contributed by atoms with Crippen molar-refractivity contribution in [2.45, 2.75) is 18.4 Å². The van der Waals surface area contributed by atoms with E-state index in [1.807, 2.05) is 0 Å². The molecule has 1 aromatic carbocycles. The van der Waals surface area contributed by atoms with Crippen LogP contribution >= 0.6 is 0 Å². The lowest BCUT2D eigenvalue weighted by molar-refractivity contribution is -0.141. The molecule has 25 heavy (non-hydrogen) atoms. The number of carbonyl (C=O) groups is 2. The average Bonchev–Trinajstić information content (AvgIpc) is 3.19. The zero-order chi connectivity index (χ0) is 18.2. The summed E-state index contributed by atoms with van der Waals surface area (Å²) in [4.78, 5) is 24.2. The number of carbonyl (C=O) groups excluding carboxylic acids is 1. The summed E-state index contributed by atoms with van der Waals surface area (Å²) in [6.07, 6.45) is 0.603. The second kappa shape index (κ2) is 6.15. The van der Waals surface area contributed by atoms with Gasteiger partial charge in [-0.05, 0) is 30.3 Å². The molecule has 1 N–H and O–H groups in total. The molecule has 1 aliphatic heterocycles. The lowest BCUT2D eigenvalue weighted by Gasteiger charge is -2.19. The number of amides is 1. The Hall–Kier alpha value is -2.97. The Morgan fingerprint density at radius 3 is 2.56 bits per heavy atom. The molecule has 9 heteroatoms. The highest BCUT2D eigenvalue weighted by Crippen LogP contribution is 2.33. The third-order valence-electron chi connectivity index (χ3n) is 3.96. The topological polar surface area (TPSA) is 84.7 Å². The number of nitrogens with zero attached hydrogens (tertiary/aromatic N) is 3. The molecule has 1 aromatic heterocycles. The number of benzene rings is 1. The van der Waals surface area contributed by atoms with Crippen molar-refractivity contribution < 1.29 is 28.2 Å². The standard InChI is InChI=1S/C16H15F2N3O4/c1-25-11-4-2-10(3-5-11)21-7-6-12(19-21)14(22)20-9-16(17,18)8-13(20)15(23)24/h2-7,13H,8-9H2,1H3,(H,23,24)/t13-/m0/s1. The van der Waals surface area contributed by atoms with Crippen LogP contribution < -0.4 is 4.74 Å². The molecule has 7 nitrogen and oxygen atoms in total. The van der Waals surface area contributed by atoms with Crippen molar-refractivity contribution in [1.82, 2.24) is 14.7 Å². The van der Waals surface area contributed by atoms with Crippen LogP contribution in [0.3, 0.4) is 0 Å². The van der Waals surface area contributed by atoms with E-state index in [0.717, 1.165) is 0 Å². The van der Waals surface area contributed by atoms with E-state index in [4.69, 9.17) is 9.84 Å². The highest BCUT2D eigenvalue weighted by molar-refractivity contribution is 5.95. The molecule has 0 saturated carbocycles. The average molecular weight is 351 g/mol. The number of hydrogen-bond acceptors (Lipinski definition) is 4. The summed E-state index contributed by atoms with van der Waals surface area (Å²) in [5.41, 5.74) is 0.543. The van der Waals surface area contributed by atoms with Gasteiger partial charge in [0.25, 0.3) is 11.8 Å². The first-order valence-electron chi connectivity index (χ1n) is 7.42. The summed E-state index contributed by atoms with van der Waals surface area (Å²) >= 11 is 0. The molecular weight excluding hydrogens is 336 g/mol. The number of rotatable bonds is 4. The Balaban J connectivity index is 1.83. The van der Waals surface area contributed by atoms with Crippen molar-refractivity contribution in [2.75, 3.05) is 13.7 Å². The molecule has 1 fully saturated rings. The second-order valence-electron chi connectivity index (χ2n) is 5.69. The van der Waals surface area contributed by atoms with Crippen LogP contribution in [0.5, 0.6) is 5.75 Å². The van der Waals surface area contributed by atoms with Crippen LogP contribution in [0.1, 0.15) is 16.9 Å². The third-order valence-corrected chi connectivity index (χ3v) is 3.96. The molecule has 132 valence electrons. The maximum absolute atomic E-state index is 13.5. The second-order valence-corrected chi connectivity index (χ2v) is 5.69. The van der Waals surface area contributed by atoms with E-state index < -0.39 is 36.8 Å². The van der Waals surface area contributed by atoms with E-state index in [-0.39, 0.29) is 5.69 Å². The van der Waals surface area contributed by atoms with Gasteiger partial charge in [0.15, 0.2) is 5.69 Å². The first-order chi connectivity index (χ1) is 11.8. The van der Waals surface area contributed by atoms with Crippen LogP contribution in [-0.4, -0.2) is 57.3 Å². The Kier molecular flexibility index (Phi) is 4.15. The van der Waals surface area contributed by atoms with Gasteiger partial charge in [-0.3, -0.25) is 4.79 Å². The van der Waals surface area contributed by atoms with Gasteiger partial charge in [0.1, 0.15) is 11.8 Å². The van der Waals surface area contributed by atoms with Crippen LogP contribution in [0.15, 0.2) is 36.5 Å². The smallest absolute Gasteiger partial charge is 0.326 e. The van der Waals surface area contributed by atoms with Crippen molar-refractivity contribution in [1.29, 1.82) is 0 Å². The van der Waals surface area contributed by atoms with Crippen molar-refractivity contribution >= 4 is 11.9 Å². The van der Waals surface area contributed by atoms with Gasteiger partial charge in [0.05, 0.1) is 19.3 Å². The lowest BCUT2D eigenvalue weighted by Crippen LogP contribution is -2.41. The van der Waals surface area contributed by atoms with Gasteiger partial charge in [0.2, 0.25) is 0 Å². The molecule has 1 amide bonds. The summed E-state index contributed by atoms with van der Waals surface area (Å²) in [6, 6.07) is 6.64. The SMILES string of the molecule is COc1ccc(-n2ccc(C(=O)N3CC(F)(F)C[C@H]3C(=O)O)n2)cc1. The van der Waals surface area contributed by atoms with E-state index in [1.54, 1.807) is 24.3 Å². The van der Waals surface area contributed by atoms with Gasteiger partial charge in [-0.25, -0.2) is 18.3 Å². The van der Waals surface area contributed by atoms with E-state index in [9.17, 15) is 18.4 Å². The molecule has 3 rings (SSSR count). The molecular formula is C16H15F2N3O4. The summed E-state index contributed by atoms with van der Waals surface area (Å²) in [5, 5.41) is 13.1. The molecule has 1 saturated heterocycles. The molecule has 2 aromatic rings. The van der Waals surface area contributed by atoms with Gasteiger partial charge in [-0.1, -0.05) is 0 Å². The molecule has 0 spiro atoms.